The molecule has 3 aliphatic heterocycles. The molecule has 3 heterocycles. The minimum atomic E-state index is -0.817. The highest BCUT2D eigenvalue weighted by Gasteiger charge is 2.44. The predicted octanol–water partition coefficient (Wildman–Crippen LogP) is 0.0707. The fourth-order valence-corrected chi connectivity index (χ4v) is 1.57. The highest BCUT2D eigenvalue weighted by atomic mass is 16.9. The quantitative estimate of drug-likeness (QED) is 0.642. The summed E-state index contributed by atoms with van der Waals surface area (Å²) < 4.78 is 16.4. The number of fused-ring (bicyclic) bond motifs is 3. The van der Waals surface area contributed by atoms with Crippen LogP contribution in [0.15, 0.2) is 0 Å². The monoisotopic (exact) mass is 173 g/mol. The van der Waals surface area contributed by atoms with Crippen molar-refractivity contribution < 1.29 is 14.2 Å². The molecular formula is C8H15NO3. The average Bonchev–Trinajstić information content (AvgIpc) is 2.05. The Morgan fingerprint density at radius 2 is 1.83 bits per heavy atom. The second-order valence-corrected chi connectivity index (χ2v) is 3.66. The first-order chi connectivity index (χ1) is 5.70. The molecule has 0 spiro atoms. The summed E-state index contributed by atoms with van der Waals surface area (Å²) in [5, 5.41) is 0. The van der Waals surface area contributed by atoms with E-state index in [2.05, 4.69) is 0 Å². The Morgan fingerprint density at radius 3 is 2.25 bits per heavy atom. The smallest absolute Gasteiger partial charge is 0.284 e. The third-order valence-corrected chi connectivity index (χ3v) is 2.19. The van der Waals surface area contributed by atoms with Gasteiger partial charge in [-0.1, -0.05) is 0 Å². The fourth-order valence-electron chi connectivity index (χ4n) is 1.57. The zero-order chi connectivity index (χ0) is 8.60. The summed E-state index contributed by atoms with van der Waals surface area (Å²) in [6, 6.07) is 0.0413. The Labute approximate surface area is 72.0 Å². The minimum Gasteiger partial charge on any atom is -0.328 e. The Kier molecular flexibility index (Phi) is 2.08. The van der Waals surface area contributed by atoms with E-state index in [1.54, 1.807) is 0 Å². The third-order valence-electron chi connectivity index (χ3n) is 2.19. The molecule has 3 rings (SSSR count). The number of ether oxygens (including phenoxy) is 3. The van der Waals surface area contributed by atoms with Crippen molar-refractivity contribution in [3.63, 3.8) is 0 Å². The van der Waals surface area contributed by atoms with Crippen molar-refractivity contribution in [2.75, 3.05) is 19.8 Å². The van der Waals surface area contributed by atoms with Crippen LogP contribution in [-0.4, -0.2) is 31.8 Å². The van der Waals surface area contributed by atoms with E-state index in [9.17, 15) is 0 Å². The Morgan fingerprint density at radius 1 is 1.33 bits per heavy atom. The van der Waals surface area contributed by atoms with Crippen LogP contribution in [0.2, 0.25) is 0 Å². The van der Waals surface area contributed by atoms with Gasteiger partial charge in [-0.25, -0.2) is 0 Å². The normalized spacial score (nSPS) is 43.0. The summed E-state index contributed by atoms with van der Waals surface area (Å²) in [4.78, 5) is 0. The van der Waals surface area contributed by atoms with Gasteiger partial charge < -0.3 is 19.9 Å². The molecule has 4 heteroatoms. The van der Waals surface area contributed by atoms with Crippen molar-refractivity contribution >= 4 is 0 Å². The third kappa shape index (κ3) is 1.47. The second kappa shape index (κ2) is 2.96. The summed E-state index contributed by atoms with van der Waals surface area (Å²) in [6.45, 7) is 4.15. The van der Waals surface area contributed by atoms with Crippen molar-refractivity contribution in [2.45, 2.75) is 25.4 Å². The minimum absolute atomic E-state index is 0.0413. The zero-order valence-electron chi connectivity index (χ0n) is 7.29. The number of rotatable bonds is 2. The van der Waals surface area contributed by atoms with E-state index in [1.165, 1.54) is 0 Å². The van der Waals surface area contributed by atoms with Gasteiger partial charge in [-0.2, -0.15) is 0 Å². The molecule has 4 nitrogen and oxygen atoms in total. The molecule has 12 heavy (non-hydrogen) atoms. The Bertz CT molecular complexity index is 150. The van der Waals surface area contributed by atoms with Gasteiger partial charge in [0.15, 0.2) is 0 Å². The van der Waals surface area contributed by atoms with Gasteiger partial charge in [-0.05, 0) is 6.92 Å². The largest absolute Gasteiger partial charge is 0.328 e. The van der Waals surface area contributed by atoms with Crippen LogP contribution < -0.4 is 5.73 Å². The topological polar surface area (TPSA) is 53.7 Å². The van der Waals surface area contributed by atoms with E-state index in [4.69, 9.17) is 19.9 Å². The van der Waals surface area contributed by atoms with Crippen LogP contribution in [-0.2, 0) is 14.2 Å². The van der Waals surface area contributed by atoms with Crippen LogP contribution in [0.5, 0.6) is 0 Å². The predicted molar refractivity (Wildman–Crippen MR) is 42.3 cm³/mol. The molecule has 3 aliphatic rings. The summed E-state index contributed by atoms with van der Waals surface area (Å²) in [5.41, 5.74) is 5.66. The van der Waals surface area contributed by atoms with E-state index in [0.717, 1.165) is 19.8 Å². The number of hydrogen-bond donors (Lipinski definition) is 1. The van der Waals surface area contributed by atoms with Crippen molar-refractivity contribution in [3.05, 3.63) is 0 Å². The zero-order valence-corrected chi connectivity index (χ0v) is 7.29. The van der Waals surface area contributed by atoms with Gasteiger partial charge in [-0.15, -0.1) is 0 Å². The molecule has 3 saturated heterocycles. The van der Waals surface area contributed by atoms with Crippen LogP contribution in [0.1, 0.15) is 13.3 Å². The van der Waals surface area contributed by atoms with Crippen molar-refractivity contribution in [1.29, 1.82) is 0 Å². The summed E-state index contributed by atoms with van der Waals surface area (Å²) in [6.07, 6.45) is 0.611. The van der Waals surface area contributed by atoms with Crippen molar-refractivity contribution in [1.82, 2.24) is 0 Å². The Balaban J connectivity index is 1.99. The maximum absolute atomic E-state index is 5.66. The molecule has 3 fully saturated rings. The van der Waals surface area contributed by atoms with Crippen LogP contribution in [0.3, 0.4) is 0 Å². The van der Waals surface area contributed by atoms with Gasteiger partial charge in [0.1, 0.15) is 0 Å². The van der Waals surface area contributed by atoms with E-state index in [1.807, 2.05) is 6.92 Å². The molecule has 0 aliphatic carbocycles. The average molecular weight is 173 g/mol. The van der Waals surface area contributed by atoms with Gasteiger partial charge in [0.2, 0.25) is 0 Å². The number of hydrogen-bond acceptors (Lipinski definition) is 4. The summed E-state index contributed by atoms with van der Waals surface area (Å²) >= 11 is 0. The lowest BCUT2D eigenvalue weighted by Gasteiger charge is -2.45. The van der Waals surface area contributed by atoms with E-state index in [-0.39, 0.29) is 6.04 Å². The van der Waals surface area contributed by atoms with Crippen LogP contribution in [0, 0.1) is 5.92 Å². The molecule has 1 atom stereocenters. The van der Waals surface area contributed by atoms with Gasteiger partial charge in [0.05, 0.1) is 19.8 Å². The highest BCUT2D eigenvalue weighted by molar-refractivity contribution is 4.77. The standard InChI is InChI=1S/C8H15NO3/c1-6(9)2-8-10-3-7(4-11-8)5-12-8/h6-7H,2-5,9H2,1H3. The molecule has 0 aromatic heterocycles. The second-order valence-electron chi connectivity index (χ2n) is 3.66. The Hall–Kier alpha value is -0.160. The molecule has 0 saturated carbocycles. The van der Waals surface area contributed by atoms with Gasteiger partial charge in [0.25, 0.3) is 5.97 Å². The van der Waals surface area contributed by atoms with Gasteiger partial charge in [0, 0.05) is 18.4 Å². The van der Waals surface area contributed by atoms with E-state index in [0.29, 0.717) is 12.3 Å². The molecule has 0 amide bonds. The van der Waals surface area contributed by atoms with Crippen LogP contribution in [0.4, 0.5) is 0 Å². The SMILES string of the molecule is CC(N)CC12OCC(CO1)CO2. The lowest BCUT2D eigenvalue weighted by Crippen LogP contribution is -2.55. The van der Waals surface area contributed by atoms with E-state index >= 15 is 0 Å². The molecule has 70 valence electrons. The van der Waals surface area contributed by atoms with Gasteiger partial charge in [-0.3, -0.25) is 0 Å². The fraction of sp³-hybridized carbons (Fsp3) is 1.00. The summed E-state index contributed by atoms with van der Waals surface area (Å²) in [5.74, 6) is -0.400. The van der Waals surface area contributed by atoms with Crippen LogP contribution in [0.25, 0.3) is 0 Å². The van der Waals surface area contributed by atoms with Gasteiger partial charge >= 0.3 is 0 Å². The number of nitrogens with two attached hydrogens (primary N) is 1. The lowest BCUT2D eigenvalue weighted by molar-refractivity contribution is -0.450. The highest BCUT2D eigenvalue weighted by Crippen LogP contribution is 2.33. The lowest BCUT2D eigenvalue weighted by atomic mass is 10.1. The first-order valence-electron chi connectivity index (χ1n) is 4.38. The molecule has 0 aromatic carbocycles. The molecular weight excluding hydrogens is 158 g/mol. The first-order valence-corrected chi connectivity index (χ1v) is 4.38. The van der Waals surface area contributed by atoms with E-state index < -0.39 is 5.97 Å². The maximum Gasteiger partial charge on any atom is 0.284 e. The molecule has 0 aromatic rings. The molecule has 2 bridgehead atoms. The van der Waals surface area contributed by atoms with Crippen molar-refractivity contribution in [3.8, 4) is 0 Å². The van der Waals surface area contributed by atoms with Crippen LogP contribution >= 0.6 is 0 Å². The molecule has 2 N–H and O–H groups in total. The first kappa shape index (κ1) is 8.44. The maximum atomic E-state index is 5.66. The van der Waals surface area contributed by atoms with Crippen molar-refractivity contribution in [2.24, 2.45) is 11.7 Å². The summed E-state index contributed by atoms with van der Waals surface area (Å²) in [7, 11) is 0. The molecule has 1 unspecified atom stereocenters. The molecule has 0 radical (unpaired) electrons.